The second kappa shape index (κ2) is 5.06. The molecule has 0 saturated heterocycles. The summed E-state index contributed by atoms with van der Waals surface area (Å²) in [6, 6.07) is 9.92. The molecule has 0 aliphatic rings. The summed E-state index contributed by atoms with van der Waals surface area (Å²) >= 11 is 0. The fraction of sp³-hybridized carbons (Fsp3) is 0.250. The van der Waals surface area contributed by atoms with Gasteiger partial charge in [-0.2, -0.15) is 0 Å². The third-order valence-electron chi connectivity index (χ3n) is 3.42. The van der Waals surface area contributed by atoms with Gasteiger partial charge in [-0.05, 0) is 33.0 Å². The Morgan fingerprint density at radius 2 is 1.80 bits per heavy atom. The summed E-state index contributed by atoms with van der Waals surface area (Å²) in [5, 5.41) is 4.21. The van der Waals surface area contributed by atoms with E-state index in [1.807, 2.05) is 51.2 Å². The number of furan rings is 1. The Balaban J connectivity index is 2.10. The molecule has 2 aromatic heterocycles. The summed E-state index contributed by atoms with van der Waals surface area (Å²) < 4.78 is 5.82. The Morgan fingerprint density at radius 3 is 2.45 bits per heavy atom. The summed E-state index contributed by atoms with van der Waals surface area (Å²) in [6.07, 6.45) is 0. The molecule has 0 atom stereocenters. The van der Waals surface area contributed by atoms with Crippen molar-refractivity contribution in [2.24, 2.45) is 0 Å². The van der Waals surface area contributed by atoms with Crippen molar-refractivity contribution >= 4 is 11.0 Å². The minimum Gasteiger partial charge on any atom is -0.453 e. The standard InChI is InChI=1S/C16H17N3O/c1-10-13(9-17-3)11(2)19-16(18-10)15-8-12-6-4-5-7-14(12)20-15/h4-8,17H,9H2,1-3H3. The first kappa shape index (κ1) is 12.8. The van der Waals surface area contributed by atoms with E-state index in [0.29, 0.717) is 11.6 Å². The SMILES string of the molecule is CNCc1c(C)nc(-c2cc3ccccc3o2)nc1C. The highest BCUT2D eigenvalue weighted by molar-refractivity contribution is 5.81. The number of aromatic nitrogens is 2. The molecule has 0 unspecified atom stereocenters. The fourth-order valence-electron chi connectivity index (χ4n) is 2.37. The van der Waals surface area contributed by atoms with Gasteiger partial charge in [0.2, 0.25) is 0 Å². The lowest BCUT2D eigenvalue weighted by molar-refractivity contribution is 0.623. The van der Waals surface area contributed by atoms with Crippen molar-refractivity contribution in [2.75, 3.05) is 7.05 Å². The molecule has 0 spiro atoms. The van der Waals surface area contributed by atoms with Crippen LogP contribution >= 0.6 is 0 Å². The van der Waals surface area contributed by atoms with Gasteiger partial charge in [0.25, 0.3) is 0 Å². The van der Waals surface area contributed by atoms with Crippen LogP contribution in [0.25, 0.3) is 22.6 Å². The zero-order valence-electron chi connectivity index (χ0n) is 11.9. The smallest absolute Gasteiger partial charge is 0.196 e. The largest absolute Gasteiger partial charge is 0.453 e. The van der Waals surface area contributed by atoms with Crippen LogP contribution in [0.4, 0.5) is 0 Å². The van der Waals surface area contributed by atoms with E-state index in [0.717, 1.165) is 34.5 Å². The fourth-order valence-corrected chi connectivity index (χ4v) is 2.37. The first-order valence-electron chi connectivity index (χ1n) is 6.66. The quantitative estimate of drug-likeness (QED) is 0.791. The minimum atomic E-state index is 0.649. The van der Waals surface area contributed by atoms with E-state index >= 15 is 0 Å². The van der Waals surface area contributed by atoms with Crippen LogP contribution in [0.3, 0.4) is 0 Å². The van der Waals surface area contributed by atoms with Gasteiger partial charge in [0.15, 0.2) is 11.6 Å². The lowest BCUT2D eigenvalue weighted by Crippen LogP contribution is -2.11. The van der Waals surface area contributed by atoms with E-state index < -0.39 is 0 Å². The number of fused-ring (bicyclic) bond motifs is 1. The van der Waals surface area contributed by atoms with Crippen molar-refractivity contribution < 1.29 is 4.42 Å². The van der Waals surface area contributed by atoms with Gasteiger partial charge in [0.05, 0.1) is 0 Å². The van der Waals surface area contributed by atoms with E-state index in [9.17, 15) is 0 Å². The van der Waals surface area contributed by atoms with Crippen molar-refractivity contribution in [1.29, 1.82) is 0 Å². The summed E-state index contributed by atoms with van der Waals surface area (Å²) in [5.74, 6) is 1.37. The molecular formula is C16H17N3O. The zero-order chi connectivity index (χ0) is 14.1. The van der Waals surface area contributed by atoms with Crippen LogP contribution in [0, 0.1) is 13.8 Å². The molecule has 0 amide bonds. The molecule has 4 heteroatoms. The first-order chi connectivity index (χ1) is 9.69. The molecular weight excluding hydrogens is 250 g/mol. The number of aryl methyl sites for hydroxylation is 2. The molecule has 1 N–H and O–H groups in total. The van der Waals surface area contributed by atoms with Crippen LogP contribution in [-0.2, 0) is 6.54 Å². The van der Waals surface area contributed by atoms with Gasteiger partial charge >= 0.3 is 0 Å². The highest BCUT2D eigenvalue weighted by Gasteiger charge is 2.13. The molecule has 2 heterocycles. The third kappa shape index (κ3) is 2.18. The molecule has 0 radical (unpaired) electrons. The Labute approximate surface area is 117 Å². The maximum absolute atomic E-state index is 5.82. The van der Waals surface area contributed by atoms with Crippen LogP contribution in [0.15, 0.2) is 34.7 Å². The Hall–Kier alpha value is -2.20. The lowest BCUT2D eigenvalue weighted by atomic mass is 10.1. The number of nitrogens with one attached hydrogen (secondary N) is 1. The van der Waals surface area contributed by atoms with Crippen molar-refractivity contribution in [3.63, 3.8) is 0 Å². The van der Waals surface area contributed by atoms with Crippen molar-refractivity contribution in [1.82, 2.24) is 15.3 Å². The van der Waals surface area contributed by atoms with Gasteiger partial charge in [-0.3, -0.25) is 0 Å². The van der Waals surface area contributed by atoms with Gasteiger partial charge in [-0.15, -0.1) is 0 Å². The number of hydrogen-bond acceptors (Lipinski definition) is 4. The molecule has 102 valence electrons. The summed E-state index contributed by atoms with van der Waals surface area (Å²) in [7, 11) is 1.92. The number of benzene rings is 1. The molecule has 20 heavy (non-hydrogen) atoms. The van der Waals surface area contributed by atoms with Gasteiger partial charge in [0.1, 0.15) is 5.58 Å². The molecule has 1 aromatic carbocycles. The number of para-hydroxylation sites is 1. The number of nitrogens with zero attached hydrogens (tertiary/aromatic N) is 2. The molecule has 0 aliphatic heterocycles. The van der Waals surface area contributed by atoms with Crippen LogP contribution in [0.5, 0.6) is 0 Å². The number of rotatable bonds is 3. The molecule has 3 rings (SSSR count). The van der Waals surface area contributed by atoms with Crippen molar-refractivity contribution in [3.8, 4) is 11.6 Å². The second-order valence-electron chi connectivity index (χ2n) is 4.88. The van der Waals surface area contributed by atoms with Crippen molar-refractivity contribution in [3.05, 3.63) is 47.3 Å². The minimum absolute atomic E-state index is 0.649. The van der Waals surface area contributed by atoms with Gasteiger partial charge in [0, 0.05) is 28.9 Å². The lowest BCUT2D eigenvalue weighted by Gasteiger charge is -2.09. The van der Waals surface area contributed by atoms with E-state index in [-0.39, 0.29) is 0 Å². The van der Waals surface area contributed by atoms with Gasteiger partial charge in [-0.1, -0.05) is 18.2 Å². The normalized spacial score (nSPS) is 11.2. The van der Waals surface area contributed by atoms with E-state index in [2.05, 4.69) is 15.3 Å². The molecule has 0 saturated carbocycles. The highest BCUT2D eigenvalue weighted by atomic mass is 16.3. The monoisotopic (exact) mass is 267 g/mol. The average molecular weight is 267 g/mol. The van der Waals surface area contributed by atoms with Crippen LogP contribution in [0.1, 0.15) is 17.0 Å². The molecule has 4 nitrogen and oxygen atoms in total. The Morgan fingerprint density at radius 1 is 1.10 bits per heavy atom. The topological polar surface area (TPSA) is 51.0 Å². The Bertz CT molecular complexity index is 705. The predicted octanol–water partition coefficient (Wildman–Crippen LogP) is 3.23. The molecule has 3 aromatic rings. The third-order valence-corrected chi connectivity index (χ3v) is 3.42. The maximum Gasteiger partial charge on any atom is 0.196 e. The summed E-state index contributed by atoms with van der Waals surface area (Å²) in [5.41, 5.74) is 3.98. The second-order valence-corrected chi connectivity index (χ2v) is 4.88. The van der Waals surface area contributed by atoms with Crippen molar-refractivity contribution in [2.45, 2.75) is 20.4 Å². The molecule has 0 aliphatic carbocycles. The predicted molar refractivity (Wildman–Crippen MR) is 79.5 cm³/mol. The average Bonchev–Trinajstić information content (AvgIpc) is 2.86. The van der Waals surface area contributed by atoms with Gasteiger partial charge < -0.3 is 9.73 Å². The van der Waals surface area contributed by atoms with E-state index in [1.165, 1.54) is 0 Å². The zero-order valence-corrected chi connectivity index (χ0v) is 11.9. The van der Waals surface area contributed by atoms with E-state index in [1.54, 1.807) is 0 Å². The molecule has 0 fully saturated rings. The molecule has 0 bridgehead atoms. The van der Waals surface area contributed by atoms with Gasteiger partial charge in [-0.25, -0.2) is 9.97 Å². The number of hydrogen-bond donors (Lipinski definition) is 1. The van der Waals surface area contributed by atoms with Crippen LogP contribution in [-0.4, -0.2) is 17.0 Å². The maximum atomic E-state index is 5.82. The van der Waals surface area contributed by atoms with Crippen LogP contribution < -0.4 is 5.32 Å². The first-order valence-corrected chi connectivity index (χ1v) is 6.66. The van der Waals surface area contributed by atoms with Crippen LogP contribution in [0.2, 0.25) is 0 Å². The Kier molecular flexibility index (Phi) is 3.24. The summed E-state index contributed by atoms with van der Waals surface area (Å²) in [6.45, 7) is 4.79. The highest BCUT2D eigenvalue weighted by Crippen LogP contribution is 2.26. The van der Waals surface area contributed by atoms with E-state index in [4.69, 9.17) is 4.42 Å². The summed E-state index contributed by atoms with van der Waals surface area (Å²) in [4.78, 5) is 9.15.